The predicted molar refractivity (Wildman–Crippen MR) is 98.9 cm³/mol. The molecule has 2 aromatic carbocycles. The topological polar surface area (TPSA) is 50.9 Å². The second-order valence-corrected chi connectivity index (χ2v) is 7.48. The van der Waals surface area contributed by atoms with Gasteiger partial charge >= 0.3 is 0 Å². The Kier molecular flexibility index (Phi) is 3.88. The largest absolute Gasteiger partial charge is 0.505 e. The highest BCUT2D eigenvalue weighted by molar-refractivity contribution is 6.31. The molecule has 124 valence electrons. The molecular weight excluding hydrogens is 322 g/mol. The lowest BCUT2D eigenvalue weighted by atomic mass is 9.85. The van der Waals surface area contributed by atoms with Crippen LogP contribution in [0.2, 0.25) is 5.02 Å². The van der Waals surface area contributed by atoms with Crippen molar-refractivity contribution in [2.45, 2.75) is 33.1 Å². The van der Waals surface area contributed by atoms with Gasteiger partial charge in [-0.25, -0.2) is 0 Å². The van der Waals surface area contributed by atoms with Crippen molar-refractivity contribution in [1.82, 2.24) is 15.0 Å². The summed E-state index contributed by atoms with van der Waals surface area (Å²) in [5.74, 6) is 0.127. The Labute approximate surface area is 146 Å². The van der Waals surface area contributed by atoms with Gasteiger partial charge in [-0.2, -0.15) is 0 Å². The maximum Gasteiger partial charge on any atom is 0.150 e. The minimum Gasteiger partial charge on any atom is -0.505 e. The molecule has 0 aliphatic carbocycles. The van der Waals surface area contributed by atoms with Crippen molar-refractivity contribution in [3.63, 3.8) is 0 Å². The molecule has 0 saturated heterocycles. The van der Waals surface area contributed by atoms with E-state index in [1.54, 1.807) is 12.1 Å². The van der Waals surface area contributed by atoms with E-state index in [1.165, 1.54) is 4.80 Å². The Balaban J connectivity index is 2.28. The standard InChI is InChI=1S/C19H20ClN3O/c1-11(2)14-8-12(19(3,4)5)9-17(18(14)24)23-21-15-7-6-13(20)10-16(15)22-23/h6-10,24H,1H2,2-5H3. The average Bonchev–Trinajstić information content (AvgIpc) is 2.88. The van der Waals surface area contributed by atoms with Gasteiger partial charge < -0.3 is 5.11 Å². The summed E-state index contributed by atoms with van der Waals surface area (Å²) in [6.45, 7) is 12.2. The summed E-state index contributed by atoms with van der Waals surface area (Å²) in [7, 11) is 0. The molecule has 0 unspecified atom stereocenters. The Morgan fingerprint density at radius 1 is 1.12 bits per heavy atom. The van der Waals surface area contributed by atoms with Crippen molar-refractivity contribution < 1.29 is 5.11 Å². The lowest BCUT2D eigenvalue weighted by molar-refractivity contribution is 0.464. The third-order valence-corrected chi connectivity index (χ3v) is 4.21. The molecule has 0 spiro atoms. The van der Waals surface area contributed by atoms with Gasteiger partial charge in [0, 0.05) is 10.6 Å². The van der Waals surface area contributed by atoms with E-state index >= 15 is 0 Å². The summed E-state index contributed by atoms with van der Waals surface area (Å²) in [6.07, 6.45) is 0. The van der Waals surface area contributed by atoms with E-state index in [2.05, 4.69) is 37.5 Å². The van der Waals surface area contributed by atoms with Crippen molar-refractivity contribution in [2.24, 2.45) is 0 Å². The van der Waals surface area contributed by atoms with Crippen LogP contribution in [0.5, 0.6) is 5.75 Å². The van der Waals surface area contributed by atoms with Crippen LogP contribution < -0.4 is 0 Å². The van der Waals surface area contributed by atoms with E-state index in [1.807, 2.05) is 25.1 Å². The predicted octanol–water partition coefficient (Wildman–Crippen LogP) is 5.11. The zero-order chi connectivity index (χ0) is 17.6. The summed E-state index contributed by atoms with van der Waals surface area (Å²) in [5, 5.41) is 20.2. The molecule has 0 atom stereocenters. The molecule has 5 heteroatoms. The lowest BCUT2D eigenvalue weighted by Crippen LogP contribution is -2.13. The molecule has 0 aliphatic rings. The molecule has 4 nitrogen and oxygen atoms in total. The first-order valence-corrected chi connectivity index (χ1v) is 8.11. The van der Waals surface area contributed by atoms with E-state index in [9.17, 15) is 5.11 Å². The van der Waals surface area contributed by atoms with Crippen LogP contribution in [-0.4, -0.2) is 20.1 Å². The number of fused-ring (bicyclic) bond motifs is 1. The number of allylic oxidation sites excluding steroid dienone is 1. The number of rotatable bonds is 2. The van der Waals surface area contributed by atoms with Gasteiger partial charge in [-0.1, -0.05) is 39.0 Å². The van der Waals surface area contributed by atoms with Crippen LogP contribution in [0, 0.1) is 0 Å². The normalized spacial score (nSPS) is 11.9. The van der Waals surface area contributed by atoms with Crippen molar-refractivity contribution in [3.05, 3.63) is 53.1 Å². The van der Waals surface area contributed by atoms with Crippen LogP contribution in [0.1, 0.15) is 38.8 Å². The number of phenolic OH excluding ortho intramolecular Hbond substituents is 1. The highest BCUT2D eigenvalue weighted by atomic mass is 35.5. The minimum atomic E-state index is -0.0808. The molecule has 0 aliphatic heterocycles. The summed E-state index contributed by atoms with van der Waals surface area (Å²) >= 11 is 6.02. The van der Waals surface area contributed by atoms with Gasteiger partial charge in [-0.05, 0) is 53.8 Å². The Morgan fingerprint density at radius 3 is 2.42 bits per heavy atom. The monoisotopic (exact) mass is 341 g/mol. The van der Waals surface area contributed by atoms with Crippen LogP contribution >= 0.6 is 11.6 Å². The van der Waals surface area contributed by atoms with Crippen LogP contribution in [0.15, 0.2) is 36.9 Å². The molecule has 0 fully saturated rings. The molecule has 1 N–H and O–H groups in total. The molecule has 1 aromatic heterocycles. The zero-order valence-electron chi connectivity index (χ0n) is 14.3. The first-order chi connectivity index (χ1) is 11.2. The van der Waals surface area contributed by atoms with E-state index in [4.69, 9.17) is 11.6 Å². The summed E-state index contributed by atoms with van der Waals surface area (Å²) in [4.78, 5) is 1.46. The van der Waals surface area contributed by atoms with Crippen LogP contribution in [0.25, 0.3) is 22.3 Å². The van der Waals surface area contributed by atoms with Crippen LogP contribution in [0.3, 0.4) is 0 Å². The van der Waals surface area contributed by atoms with Crippen LogP contribution in [0.4, 0.5) is 0 Å². The first kappa shape index (κ1) is 16.5. The van der Waals surface area contributed by atoms with Crippen LogP contribution in [-0.2, 0) is 5.41 Å². The van der Waals surface area contributed by atoms with Gasteiger partial charge in [0.2, 0.25) is 0 Å². The highest BCUT2D eigenvalue weighted by Gasteiger charge is 2.21. The fraction of sp³-hybridized carbons (Fsp3) is 0.263. The smallest absolute Gasteiger partial charge is 0.150 e. The van der Waals surface area contributed by atoms with E-state index in [0.29, 0.717) is 21.8 Å². The van der Waals surface area contributed by atoms with Gasteiger partial charge in [0.25, 0.3) is 0 Å². The van der Waals surface area contributed by atoms with E-state index < -0.39 is 0 Å². The summed E-state index contributed by atoms with van der Waals surface area (Å²) in [5.41, 5.74) is 4.43. The Hall–Kier alpha value is -2.33. The van der Waals surface area contributed by atoms with Crippen molar-refractivity contribution in [3.8, 4) is 11.4 Å². The number of halogens is 1. The molecule has 3 rings (SSSR count). The molecule has 0 bridgehead atoms. The number of aromatic hydroxyl groups is 1. The van der Waals surface area contributed by atoms with Gasteiger partial charge in [0.1, 0.15) is 16.7 Å². The first-order valence-electron chi connectivity index (χ1n) is 7.73. The quantitative estimate of drug-likeness (QED) is 0.704. The molecule has 3 aromatic rings. The fourth-order valence-electron chi connectivity index (χ4n) is 2.53. The van der Waals surface area contributed by atoms with E-state index in [0.717, 1.165) is 16.7 Å². The number of hydrogen-bond acceptors (Lipinski definition) is 3. The molecular formula is C19H20ClN3O. The van der Waals surface area contributed by atoms with Gasteiger partial charge in [-0.15, -0.1) is 15.0 Å². The van der Waals surface area contributed by atoms with Gasteiger partial charge in [-0.3, -0.25) is 0 Å². The molecule has 1 heterocycles. The maximum absolute atomic E-state index is 10.7. The Morgan fingerprint density at radius 2 is 1.79 bits per heavy atom. The molecule has 0 saturated carbocycles. The number of phenols is 1. The lowest BCUT2D eigenvalue weighted by Gasteiger charge is -2.22. The fourth-order valence-corrected chi connectivity index (χ4v) is 2.69. The number of benzene rings is 2. The third-order valence-electron chi connectivity index (χ3n) is 3.97. The van der Waals surface area contributed by atoms with Crippen molar-refractivity contribution >= 4 is 28.2 Å². The van der Waals surface area contributed by atoms with Crippen molar-refractivity contribution in [1.29, 1.82) is 0 Å². The number of aromatic nitrogens is 3. The second-order valence-electron chi connectivity index (χ2n) is 7.04. The summed E-state index contributed by atoms with van der Waals surface area (Å²) < 4.78 is 0. The molecule has 0 amide bonds. The highest BCUT2D eigenvalue weighted by Crippen LogP contribution is 2.36. The van der Waals surface area contributed by atoms with Gasteiger partial charge in [0.15, 0.2) is 5.75 Å². The van der Waals surface area contributed by atoms with Crippen molar-refractivity contribution in [2.75, 3.05) is 0 Å². The SMILES string of the molecule is C=C(C)c1cc(C(C)(C)C)cc(-n2nc3ccc(Cl)cc3n2)c1O. The zero-order valence-corrected chi connectivity index (χ0v) is 15.0. The summed E-state index contributed by atoms with van der Waals surface area (Å²) in [6, 6.07) is 9.23. The molecule has 0 radical (unpaired) electrons. The van der Waals surface area contributed by atoms with Gasteiger partial charge in [0.05, 0.1) is 0 Å². The maximum atomic E-state index is 10.7. The number of hydrogen-bond donors (Lipinski definition) is 1. The minimum absolute atomic E-state index is 0.0808. The third kappa shape index (κ3) is 2.89. The number of nitrogens with zero attached hydrogens (tertiary/aromatic N) is 3. The average molecular weight is 342 g/mol. The second kappa shape index (κ2) is 5.64. The Bertz CT molecular complexity index is 951. The molecule has 24 heavy (non-hydrogen) atoms. The van der Waals surface area contributed by atoms with E-state index in [-0.39, 0.29) is 11.2 Å².